The van der Waals surface area contributed by atoms with E-state index in [0.29, 0.717) is 23.3 Å². The summed E-state index contributed by atoms with van der Waals surface area (Å²) >= 11 is 0. The first-order valence-electron chi connectivity index (χ1n) is 9.30. The van der Waals surface area contributed by atoms with Gasteiger partial charge in [-0.3, -0.25) is 13.9 Å². The van der Waals surface area contributed by atoms with Gasteiger partial charge >= 0.3 is 5.69 Å². The quantitative estimate of drug-likeness (QED) is 0.811. The summed E-state index contributed by atoms with van der Waals surface area (Å²) in [4.78, 5) is 24.7. The van der Waals surface area contributed by atoms with Crippen LogP contribution in [0.1, 0.15) is 35.8 Å². The standard InChI is InChI=1S/C20H25FN2O5/c1-12-6-7-13(2)18(14(12)3)28-11-15(24)9-23-19(25)16(21)10-22(20(23)26)17-5-4-8-27-17/h6-7,10,15,17,24H,4-5,8-9,11H2,1-3H3. The molecule has 1 fully saturated rings. The summed E-state index contributed by atoms with van der Waals surface area (Å²) < 4.78 is 27.0. The number of benzene rings is 1. The lowest BCUT2D eigenvalue weighted by atomic mass is 10.1. The van der Waals surface area contributed by atoms with Crippen LogP contribution >= 0.6 is 0 Å². The highest BCUT2D eigenvalue weighted by atomic mass is 19.1. The van der Waals surface area contributed by atoms with Gasteiger partial charge in [-0.2, -0.15) is 4.39 Å². The van der Waals surface area contributed by atoms with Crippen LogP contribution in [-0.4, -0.2) is 33.6 Å². The van der Waals surface area contributed by atoms with Gasteiger partial charge in [0.1, 0.15) is 24.7 Å². The van der Waals surface area contributed by atoms with Crippen LogP contribution in [-0.2, 0) is 11.3 Å². The third-order valence-corrected chi connectivity index (χ3v) is 5.06. The van der Waals surface area contributed by atoms with Crippen molar-refractivity contribution in [3.05, 3.63) is 61.7 Å². The zero-order valence-electron chi connectivity index (χ0n) is 16.3. The number of aryl methyl sites for hydroxylation is 2. The molecule has 0 amide bonds. The van der Waals surface area contributed by atoms with Crippen molar-refractivity contribution in [3.63, 3.8) is 0 Å². The van der Waals surface area contributed by atoms with Crippen molar-refractivity contribution in [1.29, 1.82) is 0 Å². The molecule has 152 valence electrons. The van der Waals surface area contributed by atoms with Crippen LogP contribution in [0.3, 0.4) is 0 Å². The van der Waals surface area contributed by atoms with E-state index < -0.39 is 29.4 Å². The summed E-state index contributed by atoms with van der Waals surface area (Å²) in [6.07, 6.45) is 0.433. The van der Waals surface area contributed by atoms with Gasteiger partial charge in [-0.05, 0) is 50.3 Å². The number of nitrogens with zero attached hydrogens (tertiary/aromatic N) is 2. The molecule has 1 saturated heterocycles. The zero-order chi connectivity index (χ0) is 20.4. The van der Waals surface area contributed by atoms with E-state index in [1.807, 2.05) is 32.9 Å². The average molecular weight is 392 g/mol. The number of rotatable bonds is 6. The maximum Gasteiger partial charge on any atom is 0.333 e. The Bertz CT molecular complexity index is 976. The number of ether oxygens (including phenoxy) is 2. The van der Waals surface area contributed by atoms with E-state index in [1.165, 1.54) is 0 Å². The Labute approximate surface area is 162 Å². The van der Waals surface area contributed by atoms with Gasteiger partial charge in [0, 0.05) is 6.61 Å². The summed E-state index contributed by atoms with van der Waals surface area (Å²) in [6.45, 7) is 5.74. The van der Waals surface area contributed by atoms with E-state index in [4.69, 9.17) is 9.47 Å². The number of aliphatic hydroxyl groups is 1. The largest absolute Gasteiger partial charge is 0.490 e. The van der Waals surface area contributed by atoms with Crippen molar-refractivity contribution in [3.8, 4) is 5.75 Å². The van der Waals surface area contributed by atoms with Crippen molar-refractivity contribution >= 4 is 0 Å². The number of hydrogen-bond acceptors (Lipinski definition) is 5. The van der Waals surface area contributed by atoms with Gasteiger partial charge in [-0.1, -0.05) is 12.1 Å². The molecule has 0 bridgehead atoms. The first kappa shape index (κ1) is 20.3. The minimum Gasteiger partial charge on any atom is -0.490 e. The molecule has 3 rings (SSSR count). The van der Waals surface area contributed by atoms with Crippen LogP contribution in [0.4, 0.5) is 4.39 Å². The van der Waals surface area contributed by atoms with Crippen LogP contribution < -0.4 is 16.0 Å². The molecule has 1 aromatic heterocycles. The Morgan fingerprint density at radius 1 is 1.29 bits per heavy atom. The zero-order valence-corrected chi connectivity index (χ0v) is 16.3. The molecule has 0 radical (unpaired) electrons. The highest BCUT2D eigenvalue weighted by molar-refractivity contribution is 5.44. The topological polar surface area (TPSA) is 82.7 Å². The van der Waals surface area contributed by atoms with Crippen molar-refractivity contribution in [2.24, 2.45) is 0 Å². The fourth-order valence-corrected chi connectivity index (χ4v) is 3.33. The molecule has 2 atom stereocenters. The Morgan fingerprint density at radius 3 is 2.68 bits per heavy atom. The van der Waals surface area contributed by atoms with Crippen molar-refractivity contribution < 1.29 is 19.0 Å². The monoisotopic (exact) mass is 392 g/mol. The Kier molecular flexibility index (Phi) is 6.00. The van der Waals surface area contributed by atoms with E-state index in [9.17, 15) is 19.1 Å². The number of hydrogen-bond donors (Lipinski definition) is 1. The molecule has 1 N–H and O–H groups in total. The molecule has 0 aliphatic carbocycles. The van der Waals surface area contributed by atoms with Gasteiger partial charge in [0.05, 0.1) is 12.7 Å². The average Bonchev–Trinajstić information content (AvgIpc) is 3.19. The van der Waals surface area contributed by atoms with Crippen molar-refractivity contribution in [1.82, 2.24) is 9.13 Å². The van der Waals surface area contributed by atoms with Gasteiger partial charge in [0.2, 0.25) is 5.82 Å². The minimum atomic E-state index is -1.16. The summed E-state index contributed by atoms with van der Waals surface area (Å²) in [5, 5.41) is 10.3. The molecule has 28 heavy (non-hydrogen) atoms. The molecule has 1 aliphatic rings. The van der Waals surface area contributed by atoms with Gasteiger partial charge in [0.15, 0.2) is 0 Å². The van der Waals surface area contributed by atoms with Crippen LogP contribution in [0.2, 0.25) is 0 Å². The molecular weight excluding hydrogens is 367 g/mol. The summed E-state index contributed by atoms with van der Waals surface area (Å²) in [5.74, 6) is -0.406. The molecule has 8 heteroatoms. The van der Waals surface area contributed by atoms with Gasteiger partial charge < -0.3 is 14.6 Å². The van der Waals surface area contributed by atoms with Crippen LogP contribution in [0, 0.1) is 26.6 Å². The van der Waals surface area contributed by atoms with Crippen molar-refractivity contribution in [2.75, 3.05) is 13.2 Å². The summed E-state index contributed by atoms with van der Waals surface area (Å²) in [7, 11) is 0. The number of halogens is 1. The Hall–Kier alpha value is -2.45. The van der Waals surface area contributed by atoms with Crippen LogP contribution in [0.15, 0.2) is 27.9 Å². The third kappa shape index (κ3) is 4.02. The number of aliphatic hydroxyl groups excluding tert-OH is 1. The maximum absolute atomic E-state index is 14.1. The molecular formula is C20H25FN2O5. The number of aromatic nitrogens is 2. The van der Waals surface area contributed by atoms with Gasteiger partial charge in [-0.15, -0.1) is 0 Å². The van der Waals surface area contributed by atoms with Crippen LogP contribution in [0.5, 0.6) is 5.75 Å². The molecule has 7 nitrogen and oxygen atoms in total. The van der Waals surface area contributed by atoms with E-state index >= 15 is 0 Å². The normalized spacial score (nSPS) is 17.7. The predicted octanol–water partition coefficient (Wildman–Crippen LogP) is 1.82. The Morgan fingerprint density at radius 2 is 2.00 bits per heavy atom. The third-order valence-electron chi connectivity index (χ3n) is 5.06. The van der Waals surface area contributed by atoms with Crippen molar-refractivity contribution in [2.45, 2.75) is 52.5 Å². The van der Waals surface area contributed by atoms with Gasteiger partial charge in [-0.25, -0.2) is 4.79 Å². The minimum absolute atomic E-state index is 0.131. The molecule has 2 heterocycles. The molecule has 2 aromatic rings. The first-order valence-corrected chi connectivity index (χ1v) is 9.30. The SMILES string of the molecule is Cc1ccc(C)c(OCC(O)Cn2c(=O)c(F)cn(C3CCCO3)c2=O)c1C. The maximum atomic E-state index is 14.1. The van der Waals surface area contributed by atoms with E-state index in [2.05, 4.69) is 0 Å². The second kappa shape index (κ2) is 8.28. The van der Waals surface area contributed by atoms with Gasteiger partial charge in [0.25, 0.3) is 5.56 Å². The fraction of sp³-hybridized carbons (Fsp3) is 0.500. The van der Waals surface area contributed by atoms with Crippen LogP contribution in [0.25, 0.3) is 0 Å². The lowest BCUT2D eigenvalue weighted by Crippen LogP contribution is -2.45. The smallest absolute Gasteiger partial charge is 0.333 e. The lowest BCUT2D eigenvalue weighted by Gasteiger charge is -2.19. The first-order chi connectivity index (χ1) is 13.3. The van der Waals surface area contributed by atoms with E-state index in [-0.39, 0.29) is 13.2 Å². The van der Waals surface area contributed by atoms with E-state index in [1.54, 1.807) is 0 Å². The molecule has 0 saturated carbocycles. The molecule has 1 aromatic carbocycles. The second-order valence-electron chi connectivity index (χ2n) is 7.17. The predicted molar refractivity (Wildman–Crippen MR) is 101 cm³/mol. The molecule has 2 unspecified atom stereocenters. The summed E-state index contributed by atoms with van der Waals surface area (Å²) in [5.41, 5.74) is 1.15. The highest BCUT2D eigenvalue weighted by Gasteiger charge is 2.23. The summed E-state index contributed by atoms with van der Waals surface area (Å²) in [6, 6.07) is 3.90. The Balaban J connectivity index is 1.79. The lowest BCUT2D eigenvalue weighted by molar-refractivity contribution is 0.0476. The second-order valence-corrected chi connectivity index (χ2v) is 7.17. The fourth-order valence-electron chi connectivity index (χ4n) is 3.33. The highest BCUT2D eigenvalue weighted by Crippen LogP contribution is 2.26. The molecule has 1 aliphatic heterocycles. The van der Waals surface area contributed by atoms with E-state index in [0.717, 1.165) is 33.9 Å². The molecule has 0 spiro atoms.